The van der Waals surface area contributed by atoms with Crippen molar-refractivity contribution in [3.63, 3.8) is 0 Å². The Morgan fingerprint density at radius 2 is 2.11 bits per heavy atom. The summed E-state index contributed by atoms with van der Waals surface area (Å²) in [5.41, 5.74) is 8.29. The lowest BCUT2D eigenvalue weighted by atomic mass is 9.97. The number of hydrogen-bond acceptors (Lipinski definition) is 4. The Morgan fingerprint density at radius 1 is 1.37 bits per heavy atom. The van der Waals surface area contributed by atoms with Crippen LogP contribution in [0.2, 0.25) is 0 Å². The predicted molar refractivity (Wildman–Crippen MR) is 70.6 cm³/mol. The van der Waals surface area contributed by atoms with E-state index in [2.05, 4.69) is 0 Å². The number of benzene rings is 1. The highest BCUT2D eigenvalue weighted by atomic mass is 16.5. The third-order valence-electron chi connectivity index (χ3n) is 3.34. The maximum Gasteiger partial charge on any atom is 0.337 e. The Hall–Kier alpha value is -1.88. The molecule has 2 N–H and O–H groups in total. The lowest BCUT2D eigenvalue weighted by Crippen LogP contribution is -2.44. The summed E-state index contributed by atoms with van der Waals surface area (Å²) < 4.78 is 4.70. The molecule has 1 heterocycles. The Bertz CT molecular complexity index is 511. The van der Waals surface area contributed by atoms with Gasteiger partial charge in [-0.1, -0.05) is 6.07 Å². The SMILES string of the molecule is COC(=O)c1ccc2c(c1)CN(C(=O)[C@@H](C)N)CC2. The van der Waals surface area contributed by atoms with E-state index in [0.29, 0.717) is 18.7 Å². The molecule has 1 aromatic rings. The molecule has 19 heavy (non-hydrogen) atoms. The molecule has 0 saturated heterocycles. The standard InChI is InChI=1S/C14H18N2O3/c1-9(15)13(17)16-6-5-10-3-4-11(14(18)19-2)7-12(10)8-16/h3-4,7,9H,5-6,8,15H2,1-2H3/t9-/m1/s1. The lowest BCUT2D eigenvalue weighted by Gasteiger charge is -2.30. The molecule has 0 aromatic heterocycles. The maximum absolute atomic E-state index is 11.9. The number of amides is 1. The first kappa shape index (κ1) is 13.5. The van der Waals surface area contributed by atoms with Crippen LogP contribution in [0.3, 0.4) is 0 Å². The number of nitrogens with two attached hydrogens (primary N) is 1. The maximum atomic E-state index is 11.9. The number of carbonyl (C=O) groups excluding carboxylic acids is 2. The number of hydrogen-bond donors (Lipinski definition) is 1. The minimum absolute atomic E-state index is 0.0610. The molecule has 1 amide bonds. The Morgan fingerprint density at radius 3 is 2.74 bits per heavy atom. The number of esters is 1. The number of nitrogens with zero attached hydrogens (tertiary/aromatic N) is 1. The van der Waals surface area contributed by atoms with E-state index in [-0.39, 0.29) is 11.9 Å². The van der Waals surface area contributed by atoms with Gasteiger partial charge in [-0.3, -0.25) is 4.79 Å². The molecule has 2 rings (SSSR count). The van der Waals surface area contributed by atoms with Gasteiger partial charge in [-0.15, -0.1) is 0 Å². The van der Waals surface area contributed by atoms with E-state index in [4.69, 9.17) is 10.5 Å². The molecule has 0 unspecified atom stereocenters. The molecule has 0 radical (unpaired) electrons. The smallest absolute Gasteiger partial charge is 0.337 e. The van der Waals surface area contributed by atoms with Crippen molar-refractivity contribution in [1.29, 1.82) is 0 Å². The van der Waals surface area contributed by atoms with E-state index >= 15 is 0 Å². The summed E-state index contributed by atoms with van der Waals surface area (Å²) in [5.74, 6) is -0.424. The third-order valence-corrected chi connectivity index (χ3v) is 3.34. The van der Waals surface area contributed by atoms with E-state index in [1.807, 2.05) is 6.07 Å². The van der Waals surface area contributed by atoms with Gasteiger partial charge in [0.1, 0.15) is 0 Å². The largest absolute Gasteiger partial charge is 0.465 e. The van der Waals surface area contributed by atoms with E-state index in [9.17, 15) is 9.59 Å². The number of fused-ring (bicyclic) bond motifs is 1. The number of rotatable bonds is 2. The highest BCUT2D eigenvalue weighted by Crippen LogP contribution is 2.21. The molecule has 1 aromatic carbocycles. The molecular formula is C14H18N2O3. The van der Waals surface area contributed by atoms with Gasteiger partial charge in [-0.2, -0.15) is 0 Å². The van der Waals surface area contributed by atoms with Crippen LogP contribution < -0.4 is 5.73 Å². The summed E-state index contributed by atoms with van der Waals surface area (Å²) in [4.78, 5) is 25.1. The van der Waals surface area contributed by atoms with Gasteiger partial charge in [-0.05, 0) is 36.6 Å². The van der Waals surface area contributed by atoms with Crippen LogP contribution in [0.15, 0.2) is 18.2 Å². The average Bonchev–Trinajstić information content (AvgIpc) is 2.44. The van der Waals surface area contributed by atoms with Gasteiger partial charge in [0, 0.05) is 13.1 Å². The number of methoxy groups -OCH3 is 1. The number of carbonyl (C=O) groups is 2. The van der Waals surface area contributed by atoms with Crippen molar-refractivity contribution in [2.45, 2.75) is 25.9 Å². The number of ether oxygens (including phenoxy) is 1. The van der Waals surface area contributed by atoms with Gasteiger partial charge < -0.3 is 15.4 Å². The molecule has 102 valence electrons. The molecule has 0 saturated carbocycles. The summed E-state index contributed by atoms with van der Waals surface area (Å²) in [6.45, 7) is 2.86. The molecule has 1 aliphatic rings. The molecule has 1 aliphatic heterocycles. The fourth-order valence-electron chi connectivity index (χ4n) is 2.28. The summed E-state index contributed by atoms with van der Waals surface area (Å²) >= 11 is 0. The molecule has 5 nitrogen and oxygen atoms in total. The van der Waals surface area contributed by atoms with Crippen LogP contribution in [0.25, 0.3) is 0 Å². The van der Waals surface area contributed by atoms with Gasteiger partial charge in [0.2, 0.25) is 5.91 Å². The van der Waals surface area contributed by atoms with Gasteiger partial charge in [0.25, 0.3) is 0 Å². The average molecular weight is 262 g/mol. The monoisotopic (exact) mass is 262 g/mol. The summed E-state index contributed by atoms with van der Waals surface area (Å²) in [6, 6.07) is 4.98. The molecule has 0 aliphatic carbocycles. The second-order valence-corrected chi connectivity index (χ2v) is 4.77. The minimum Gasteiger partial charge on any atom is -0.465 e. The first-order valence-corrected chi connectivity index (χ1v) is 6.27. The van der Waals surface area contributed by atoms with E-state index < -0.39 is 6.04 Å². The topological polar surface area (TPSA) is 72.6 Å². The van der Waals surface area contributed by atoms with Crippen LogP contribution in [0.5, 0.6) is 0 Å². The van der Waals surface area contributed by atoms with Crippen molar-refractivity contribution in [2.24, 2.45) is 5.73 Å². The zero-order valence-corrected chi connectivity index (χ0v) is 11.2. The Labute approximate surface area is 112 Å². The fraction of sp³-hybridized carbons (Fsp3) is 0.429. The first-order valence-electron chi connectivity index (χ1n) is 6.27. The van der Waals surface area contributed by atoms with Gasteiger partial charge in [0.15, 0.2) is 0 Å². The van der Waals surface area contributed by atoms with Crippen molar-refractivity contribution in [2.75, 3.05) is 13.7 Å². The van der Waals surface area contributed by atoms with Crippen LogP contribution in [-0.2, 0) is 22.5 Å². The summed E-state index contributed by atoms with van der Waals surface area (Å²) in [7, 11) is 1.35. The van der Waals surface area contributed by atoms with E-state index in [1.54, 1.807) is 24.0 Å². The fourth-order valence-corrected chi connectivity index (χ4v) is 2.28. The second-order valence-electron chi connectivity index (χ2n) is 4.77. The summed E-state index contributed by atoms with van der Waals surface area (Å²) in [6.07, 6.45) is 0.787. The van der Waals surface area contributed by atoms with Crippen LogP contribution in [0.4, 0.5) is 0 Å². The van der Waals surface area contributed by atoms with Crippen LogP contribution in [0, 0.1) is 0 Å². The molecule has 0 bridgehead atoms. The van der Waals surface area contributed by atoms with Crippen molar-refractivity contribution in [3.05, 3.63) is 34.9 Å². The van der Waals surface area contributed by atoms with Crippen molar-refractivity contribution < 1.29 is 14.3 Å². The molecule has 5 heteroatoms. The van der Waals surface area contributed by atoms with Gasteiger partial charge >= 0.3 is 5.97 Å². The van der Waals surface area contributed by atoms with Gasteiger partial charge in [-0.25, -0.2) is 4.79 Å². The molecule has 1 atom stereocenters. The van der Waals surface area contributed by atoms with Crippen molar-refractivity contribution in [3.8, 4) is 0 Å². The Kier molecular flexibility index (Phi) is 3.85. The van der Waals surface area contributed by atoms with E-state index in [0.717, 1.165) is 12.0 Å². The lowest BCUT2D eigenvalue weighted by molar-refractivity contribution is -0.133. The zero-order chi connectivity index (χ0) is 14.0. The minimum atomic E-state index is -0.495. The highest BCUT2D eigenvalue weighted by molar-refractivity contribution is 5.89. The quantitative estimate of drug-likeness (QED) is 0.796. The van der Waals surface area contributed by atoms with Crippen LogP contribution >= 0.6 is 0 Å². The van der Waals surface area contributed by atoms with Crippen molar-refractivity contribution >= 4 is 11.9 Å². The van der Waals surface area contributed by atoms with Crippen LogP contribution in [0.1, 0.15) is 28.4 Å². The van der Waals surface area contributed by atoms with Crippen LogP contribution in [-0.4, -0.2) is 36.5 Å². The first-order chi connectivity index (χ1) is 9.02. The van der Waals surface area contributed by atoms with Gasteiger partial charge in [0.05, 0.1) is 18.7 Å². The van der Waals surface area contributed by atoms with Crippen molar-refractivity contribution in [1.82, 2.24) is 4.90 Å². The highest BCUT2D eigenvalue weighted by Gasteiger charge is 2.23. The predicted octanol–water partition coefficient (Wildman–Crippen LogP) is 0.705. The Balaban J connectivity index is 2.23. The molecule has 0 fully saturated rings. The van der Waals surface area contributed by atoms with E-state index in [1.165, 1.54) is 12.7 Å². The molecule has 0 spiro atoms. The third kappa shape index (κ3) is 2.76. The normalized spacial score (nSPS) is 15.6. The second kappa shape index (κ2) is 5.40. The summed E-state index contributed by atoms with van der Waals surface area (Å²) in [5, 5.41) is 0. The zero-order valence-electron chi connectivity index (χ0n) is 11.2. The molecular weight excluding hydrogens is 244 g/mol.